The van der Waals surface area contributed by atoms with Crippen molar-refractivity contribution in [1.82, 2.24) is 30.8 Å². The zero-order valence-corrected chi connectivity index (χ0v) is 33.3. The molecular weight excluding hydrogens is 782 g/mol. The minimum Gasteiger partial charge on any atom is -0.405 e. The molecule has 1 atom stereocenters. The number of nitrogens with zero attached hydrogens (tertiary/aromatic N) is 4. The number of halogens is 3. The average molecular weight is 833 g/mol. The van der Waals surface area contributed by atoms with Gasteiger partial charge in [0.2, 0.25) is 23.7 Å². The number of ether oxygens (including phenoxy) is 1. The average Bonchev–Trinajstić information content (AvgIpc) is 3.57. The Hall–Kier alpha value is -5.96. The van der Waals surface area contributed by atoms with Gasteiger partial charge in [0, 0.05) is 61.0 Å². The molecule has 1 aliphatic carbocycles. The van der Waals surface area contributed by atoms with Gasteiger partial charge in [0.25, 0.3) is 5.91 Å². The number of anilines is 3. The van der Waals surface area contributed by atoms with Gasteiger partial charge >= 0.3 is 6.36 Å². The minimum atomic E-state index is -4.81. The quantitative estimate of drug-likeness (QED) is 0.0630. The highest BCUT2D eigenvalue weighted by atomic mass is 19.4. The maximum atomic E-state index is 13.0. The topological polar surface area (TPSA) is 202 Å². The van der Waals surface area contributed by atoms with Crippen LogP contribution < -0.4 is 36.6 Å². The molecule has 2 aromatic carbocycles. The lowest BCUT2D eigenvalue weighted by molar-refractivity contribution is -0.274. The van der Waals surface area contributed by atoms with Crippen molar-refractivity contribution in [3.8, 4) is 11.8 Å². The van der Waals surface area contributed by atoms with E-state index < -0.39 is 18.3 Å². The van der Waals surface area contributed by atoms with E-state index in [-0.39, 0.29) is 66.6 Å². The molecule has 1 saturated heterocycles. The Kier molecular flexibility index (Phi) is 15.1. The molecule has 320 valence electrons. The van der Waals surface area contributed by atoms with Gasteiger partial charge in [0.15, 0.2) is 0 Å². The second-order valence-electron chi connectivity index (χ2n) is 15.3. The highest BCUT2D eigenvalue weighted by Crippen LogP contribution is 2.33. The van der Waals surface area contributed by atoms with Gasteiger partial charge in [-0.05, 0) is 75.6 Å². The molecule has 3 heterocycles. The zero-order chi connectivity index (χ0) is 42.5. The summed E-state index contributed by atoms with van der Waals surface area (Å²) in [5.74, 6) is -0.533. The predicted molar refractivity (Wildman–Crippen MR) is 217 cm³/mol. The van der Waals surface area contributed by atoms with Gasteiger partial charge in [0.05, 0.1) is 12.7 Å². The van der Waals surface area contributed by atoms with Gasteiger partial charge in [-0.25, -0.2) is 4.98 Å². The molecule has 0 bridgehead atoms. The number of para-hydroxylation sites is 1. The number of alkyl halides is 3. The van der Waals surface area contributed by atoms with Crippen molar-refractivity contribution in [2.45, 2.75) is 102 Å². The Morgan fingerprint density at radius 3 is 2.47 bits per heavy atom. The normalized spacial score (nSPS) is 18.9. The third-order valence-electron chi connectivity index (χ3n) is 11.1. The van der Waals surface area contributed by atoms with Gasteiger partial charge in [-0.2, -0.15) is 10.2 Å². The van der Waals surface area contributed by atoms with E-state index in [9.17, 15) is 37.6 Å². The number of piperidine rings is 1. The van der Waals surface area contributed by atoms with Crippen LogP contribution in [0, 0.1) is 17.2 Å². The lowest BCUT2D eigenvalue weighted by atomic mass is 9.86. The van der Waals surface area contributed by atoms with Crippen molar-refractivity contribution >= 4 is 41.1 Å². The number of fused-ring (bicyclic) bond motifs is 1. The third kappa shape index (κ3) is 12.3. The molecule has 4 amide bonds. The molecule has 3 aromatic rings. The first-order valence-corrected chi connectivity index (χ1v) is 20.6. The van der Waals surface area contributed by atoms with E-state index in [4.69, 9.17) is 0 Å². The predicted octanol–water partition coefficient (Wildman–Crippen LogP) is 5.36. The summed E-state index contributed by atoms with van der Waals surface area (Å²) in [6.45, 7) is 2.46. The number of imide groups is 1. The zero-order valence-electron chi connectivity index (χ0n) is 33.3. The van der Waals surface area contributed by atoms with Crippen molar-refractivity contribution in [2.24, 2.45) is 5.92 Å². The number of amides is 4. The van der Waals surface area contributed by atoms with Gasteiger partial charge in [-0.15, -0.1) is 13.2 Å². The fourth-order valence-electron chi connectivity index (χ4n) is 7.85. The van der Waals surface area contributed by atoms with Gasteiger partial charge in [-0.3, -0.25) is 24.5 Å². The molecule has 60 heavy (non-hydrogen) atoms. The number of nitrogens with one attached hydrogen (secondary N) is 6. The Morgan fingerprint density at radius 2 is 1.70 bits per heavy atom. The first-order valence-electron chi connectivity index (χ1n) is 20.6. The van der Waals surface area contributed by atoms with E-state index in [1.807, 2.05) is 6.07 Å². The largest absolute Gasteiger partial charge is 0.573 e. The molecule has 2 aliphatic heterocycles. The molecule has 18 heteroatoms. The van der Waals surface area contributed by atoms with Gasteiger partial charge < -0.3 is 36.2 Å². The highest BCUT2D eigenvalue weighted by Gasteiger charge is 2.40. The van der Waals surface area contributed by atoms with Crippen molar-refractivity contribution in [3.63, 3.8) is 0 Å². The summed E-state index contributed by atoms with van der Waals surface area (Å²) in [4.78, 5) is 59.6. The Labute approximate surface area is 346 Å². The Morgan fingerprint density at radius 1 is 0.933 bits per heavy atom. The number of unbranched alkanes of at least 4 members (excludes halogenated alkanes) is 4. The first-order chi connectivity index (χ1) is 29.0. The second-order valence-corrected chi connectivity index (χ2v) is 15.3. The monoisotopic (exact) mass is 832 g/mol. The van der Waals surface area contributed by atoms with E-state index in [2.05, 4.69) is 52.7 Å². The van der Waals surface area contributed by atoms with Crippen LogP contribution in [0.15, 0.2) is 48.7 Å². The van der Waals surface area contributed by atoms with Crippen molar-refractivity contribution < 1.29 is 37.1 Å². The smallest absolute Gasteiger partial charge is 0.405 e. The van der Waals surface area contributed by atoms with E-state index >= 15 is 0 Å². The molecule has 15 nitrogen and oxygen atoms in total. The number of nitriles is 1. The molecule has 1 unspecified atom stereocenters. The van der Waals surface area contributed by atoms with Crippen molar-refractivity contribution in [3.05, 3.63) is 70.9 Å². The summed E-state index contributed by atoms with van der Waals surface area (Å²) >= 11 is 0. The molecule has 1 aromatic heterocycles. The number of aromatic nitrogens is 2. The number of carbonyl (C=O) groups excluding carboxylic acids is 4. The van der Waals surface area contributed by atoms with Crippen LogP contribution >= 0.6 is 0 Å². The molecule has 0 spiro atoms. The van der Waals surface area contributed by atoms with Crippen molar-refractivity contribution in [2.75, 3.05) is 42.1 Å². The standard InChI is InChI=1S/C42H51F3N10O5/c43-42(44,45)60-35-12-5-4-9-28(35)23-51-41-52-24-29(21-46)38(54-41)50-22-27-13-15-30(16-14-27)47-19-6-2-1-3-7-20-48-37(57)25-49-33-11-8-10-31-32(33)26-55(40(31)59)34-17-18-36(56)53-39(34)58/h4-5,8-12,24,27,30,34,47,49H,1-3,6-7,13-20,22-23,25-26H2,(H,48,57)(H,53,56,58)(H2,50,51,52,54). The summed E-state index contributed by atoms with van der Waals surface area (Å²) in [6, 6.07) is 13.0. The van der Waals surface area contributed by atoms with Crippen LogP contribution in [-0.2, 0) is 27.5 Å². The minimum absolute atomic E-state index is 0.00353. The van der Waals surface area contributed by atoms with Crippen molar-refractivity contribution in [1.29, 1.82) is 5.26 Å². The van der Waals surface area contributed by atoms with Gasteiger partial charge in [-0.1, -0.05) is 43.5 Å². The Balaban J connectivity index is 0.798. The fourth-order valence-corrected chi connectivity index (χ4v) is 7.85. The van der Waals surface area contributed by atoms with Crippen LogP contribution in [0.3, 0.4) is 0 Å². The summed E-state index contributed by atoms with van der Waals surface area (Å²) in [6.07, 6.45) is 6.34. The second kappa shape index (κ2) is 20.8. The van der Waals surface area contributed by atoms with Crippen LogP contribution in [0.2, 0.25) is 0 Å². The maximum Gasteiger partial charge on any atom is 0.573 e. The van der Waals surface area contributed by atoms with E-state index in [0.717, 1.165) is 69.9 Å². The number of hydrogen-bond donors (Lipinski definition) is 6. The van der Waals surface area contributed by atoms with Crippen LogP contribution in [0.4, 0.5) is 30.6 Å². The lowest BCUT2D eigenvalue weighted by Crippen LogP contribution is -2.52. The summed E-state index contributed by atoms with van der Waals surface area (Å²) in [7, 11) is 0. The number of benzene rings is 2. The van der Waals surface area contributed by atoms with E-state index in [1.54, 1.807) is 18.2 Å². The molecule has 3 aliphatic rings. The SMILES string of the molecule is N#Cc1cnc(NCc2ccccc2OC(F)(F)F)nc1NCC1CCC(NCCCCCCCNC(=O)CNc2cccc3c2CN(C2CCC(=O)NC2=O)C3=O)CC1. The number of carbonyl (C=O) groups is 4. The third-order valence-corrected chi connectivity index (χ3v) is 11.1. The highest BCUT2D eigenvalue weighted by molar-refractivity contribution is 6.06. The summed E-state index contributed by atoms with van der Waals surface area (Å²) in [5, 5.41) is 27.9. The van der Waals surface area contributed by atoms with Crippen LogP contribution in [0.5, 0.6) is 5.75 Å². The number of hydrogen-bond acceptors (Lipinski definition) is 12. The molecule has 6 rings (SSSR count). The van der Waals surface area contributed by atoms with Crippen LogP contribution in [0.1, 0.15) is 97.7 Å². The van der Waals surface area contributed by atoms with E-state index in [0.29, 0.717) is 48.5 Å². The summed E-state index contributed by atoms with van der Waals surface area (Å²) < 4.78 is 42.5. The molecular formula is C42H51F3N10O5. The molecule has 6 N–H and O–H groups in total. The lowest BCUT2D eigenvalue weighted by Gasteiger charge is -2.29. The number of rotatable bonds is 20. The van der Waals surface area contributed by atoms with E-state index in [1.165, 1.54) is 29.3 Å². The van der Waals surface area contributed by atoms with Crippen LogP contribution in [0.25, 0.3) is 0 Å². The fraction of sp³-hybridized carbons (Fsp3) is 0.500. The summed E-state index contributed by atoms with van der Waals surface area (Å²) in [5.41, 5.74) is 2.47. The maximum absolute atomic E-state index is 13.0. The molecule has 2 fully saturated rings. The van der Waals surface area contributed by atoms with Gasteiger partial charge in [0.1, 0.15) is 29.2 Å². The first kappa shape index (κ1) is 43.6. The Bertz CT molecular complexity index is 2040. The molecule has 0 radical (unpaired) electrons. The van der Waals surface area contributed by atoms with Crippen LogP contribution in [-0.4, -0.2) is 83.1 Å². The molecule has 1 saturated carbocycles.